The summed E-state index contributed by atoms with van der Waals surface area (Å²) in [5, 5.41) is 11.4. The van der Waals surface area contributed by atoms with E-state index in [0.717, 1.165) is 0 Å². The number of aromatic nitrogens is 1. The topological polar surface area (TPSA) is 88.5 Å². The second kappa shape index (κ2) is 6.00. The molecule has 21 heavy (non-hydrogen) atoms. The highest BCUT2D eigenvalue weighted by molar-refractivity contribution is 6.07. The Hall–Kier alpha value is -2.96. The Morgan fingerprint density at radius 2 is 2.05 bits per heavy atom. The van der Waals surface area contributed by atoms with Crippen LogP contribution in [0.3, 0.4) is 0 Å². The summed E-state index contributed by atoms with van der Waals surface area (Å²) in [6.07, 6.45) is 1.21. The van der Waals surface area contributed by atoms with Gasteiger partial charge < -0.3 is 15.2 Å². The number of aromatic carboxylic acids is 1. The van der Waals surface area contributed by atoms with Crippen LogP contribution in [0, 0.1) is 5.95 Å². The van der Waals surface area contributed by atoms with Crippen LogP contribution in [0.4, 0.5) is 10.1 Å². The van der Waals surface area contributed by atoms with Gasteiger partial charge in [-0.1, -0.05) is 0 Å². The number of hydrogen-bond donors (Lipinski definition) is 2. The Morgan fingerprint density at radius 1 is 1.29 bits per heavy atom. The summed E-state index contributed by atoms with van der Waals surface area (Å²) < 4.78 is 18.4. The number of rotatable bonds is 4. The van der Waals surface area contributed by atoms with E-state index in [9.17, 15) is 14.0 Å². The summed E-state index contributed by atoms with van der Waals surface area (Å²) in [6, 6.07) is 6.73. The van der Waals surface area contributed by atoms with Crippen molar-refractivity contribution in [3.8, 4) is 5.75 Å². The third-order valence-electron chi connectivity index (χ3n) is 2.71. The van der Waals surface area contributed by atoms with Crippen LogP contribution in [0.15, 0.2) is 36.5 Å². The van der Waals surface area contributed by atoms with Gasteiger partial charge in [-0.15, -0.1) is 0 Å². The van der Waals surface area contributed by atoms with Gasteiger partial charge in [0.2, 0.25) is 5.95 Å². The van der Waals surface area contributed by atoms with Crippen molar-refractivity contribution in [1.82, 2.24) is 4.98 Å². The van der Waals surface area contributed by atoms with Crippen LogP contribution in [0.2, 0.25) is 0 Å². The third kappa shape index (κ3) is 3.14. The SMILES string of the molecule is COc1ccc(C(=O)O)c(NC(=O)c2cccnc2F)c1. The zero-order chi connectivity index (χ0) is 15.4. The summed E-state index contributed by atoms with van der Waals surface area (Å²) in [7, 11) is 1.40. The molecule has 2 aromatic rings. The van der Waals surface area contributed by atoms with Crippen LogP contribution < -0.4 is 10.1 Å². The maximum Gasteiger partial charge on any atom is 0.337 e. The van der Waals surface area contributed by atoms with E-state index in [0.29, 0.717) is 5.75 Å². The first-order valence-corrected chi connectivity index (χ1v) is 5.86. The number of halogens is 1. The van der Waals surface area contributed by atoms with E-state index in [1.54, 1.807) is 0 Å². The molecule has 7 heteroatoms. The molecule has 1 heterocycles. The van der Waals surface area contributed by atoms with Gasteiger partial charge in [-0.25, -0.2) is 9.78 Å². The van der Waals surface area contributed by atoms with Crippen molar-refractivity contribution in [2.45, 2.75) is 0 Å². The van der Waals surface area contributed by atoms with Crippen molar-refractivity contribution in [2.75, 3.05) is 12.4 Å². The Morgan fingerprint density at radius 3 is 2.67 bits per heavy atom. The molecule has 0 saturated carbocycles. The summed E-state index contributed by atoms with van der Waals surface area (Å²) in [5.74, 6) is -2.59. The molecule has 0 radical (unpaired) electrons. The maximum absolute atomic E-state index is 13.4. The fraction of sp³-hybridized carbons (Fsp3) is 0.0714. The monoisotopic (exact) mass is 290 g/mol. The predicted molar refractivity (Wildman–Crippen MR) is 72.1 cm³/mol. The molecule has 108 valence electrons. The van der Waals surface area contributed by atoms with Crippen molar-refractivity contribution < 1.29 is 23.8 Å². The molecule has 1 amide bonds. The highest BCUT2D eigenvalue weighted by Crippen LogP contribution is 2.23. The number of methoxy groups -OCH3 is 1. The zero-order valence-corrected chi connectivity index (χ0v) is 11.0. The lowest BCUT2D eigenvalue weighted by atomic mass is 10.1. The molecule has 0 unspecified atom stereocenters. The fourth-order valence-electron chi connectivity index (χ4n) is 1.69. The van der Waals surface area contributed by atoms with Gasteiger partial charge in [0.15, 0.2) is 0 Å². The van der Waals surface area contributed by atoms with Gasteiger partial charge in [0, 0.05) is 12.3 Å². The molecule has 0 atom stereocenters. The quantitative estimate of drug-likeness (QED) is 0.842. The Bertz CT molecular complexity index is 703. The van der Waals surface area contributed by atoms with Crippen LogP contribution in [0.5, 0.6) is 5.75 Å². The molecule has 1 aromatic carbocycles. The van der Waals surface area contributed by atoms with Gasteiger partial charge in [0.25, 0.3) is 5.91 Å². The van der Waals surface area contributed by atoms with Gasteiger partial charge in [0.05, 0.1) is 23.9 Å². The third-order valence-corrected chi connectivity index (χ3v) is 2.71. The Labute approximate surface area is 119 Å². The van der Waals surface area contributed by atoms with E-state index in [1.165, 1.54) is 43.6 Å². The van der Waals surface area contributed by atoms with Gasteiger partial charge in [0.1, 0.15) is 5.75 Å². The average molecular weight is 290 g/mol. The molecule has 0 aliphatic carbocycles. The normalized spacial score (nSPS) is 10.0. The molecular weight excluding hydrogens is 279 g/mol. The van der Waals surface area contributed by atoms with E-state index in [1.807, 2.05) is 0 Å². The number of pyridine rings is 1. The lowest BCUT2D eigenvalue weighted by Gasteiger charge is -2.10. The summed E-state index contributed by atoms with van der Waals surface area (Å²) in [6.45, 7) is 0. The zero-order valence-electron chi connectivity index (χ0n) is 11.0. The summed E-state index contributed by atoms with van der Waals surface area (Å²) >= 11 is 0. The minimum absolute atomic E-state index is 0.00935. The number of nitrogens with one attached hydrogen (secondary N) is 1. The minimum Gasteiger partial charge on any atom is -0.497 e. The van der Waals surface area contributed by atoms with Crippen LogP contribution in [0.25, 0.3) is 0 Å². The molecule has 2 rings (SSSR count). The standard InChI is InChI=1S/C14H11FN2O4/c1-21-8-4-5-9(14(19)20)11(7-8)17-13(18)10-3-2-6-16-12(10)15/h2-7H,1H3,(H,17,18)(H,19,20). The number of nitrogens with zero attached hydrogens (tertiary/aromatic N) is 1. The minimum atomic E-state index is -1.22. The molecule has 6 nitrogen and oxygen atoms in total. The number of amides is 1. The number of carboxylic acids is 1. The molecule has 0 aliphatic heterocycles. The summed E-state index contributed by atoms with van der Waals surface area (Å²) in [5.41, 5.74) is -0.403. The highest BCUT2D eigenvalue weighted by Gasteiger charge is 2.17. The van der Waals surface area contributed by atoms with E-state index >= 15 is 0 Å². The lowest BCUT2D eigenvalue weighted by Crippen LogP contribution is -2.16. The van der Waals surface area contributed by atoms with Crippen molar-refractivity contribution in [3.63, 3.8) is 0 Å². The fourth-order valence-corrected chi connectivity index (χ4v) is 1.69. The molecule has 0 aliphatic rings. The first kappa shape index (κ1) is 14.4. The largest absolute Gasteiger partial charge is 0.497 e. The second-order valence-corrected chi connectivity index (χ2v) is 4.01. The molecule has 0 fully saturated rings. The highest BCUT2D eigenvalue weighted by atomic mass is 19.1. The van der Waals surface area contributed by atoms with E-state index in [-0.39, 0.29) is 16.8 Å². The first-order valence-electron chi connectivity index (χ1n) is 5.86. The number of anilines is 1. The Kier molecular flexibility index (Phi) is 4.13. The number of carbonyl (C=O) groups excluding carboxylic acids is 1. The molecule has 0 spiro atoms. The smallest absolute Gasteiger partial charge is 0.337 e. The summed E-state index contributed by atoms with van der Waals surface area (Å²) in [4.78, 5) is 26.5. The number of benzene rings is 1. The van der Waals surface area contributed by atoms with Crippen molar-refractivity contribution >= 4 is 17.6 Å². The number of carboxylic acid groups (broad SMARTS) is 1. The van der Waals surface area contributed by atoms with Gasteiger partial charge in [-0.3, -0.25) is 4.79 Å². The van der Waals surface area contributed by atoms with Crippen LogP contribution >= 0.6 is 0 Å². The predicted octanol–water partition coefficient (Wildman–Crippen LogP) is 2.18. The van der Waals surface area contributed by atoms with E-state index in [4.69, 9.17) is 9.84 Å². The number of hydrogen-bond acceptors (Lipinski definition) is 4. The number of ether oxygens (including phenoxy) is 1. The van der Waals surface area contributed by atoms with E-state index in [2.05, 4.69) is 10.3 Å². The lowest BCUT2D eigenvalue weighted by molar-refractivity contribution is 0.0698. The van der Waals surface area contributed by atoms with Crippen LogP contribution in [0.1, 0.15) is 20.7 Å². The molecular formula is C14H11FN2O4. The van der Waals surface area contributed by atoms with E-state index < -0.39 is 17.8 Å². The maximum atomic E-state index is 13.4. The molecule has 1 aromatic heterocycles. The average Bonchev–Trinajstić information content (AvgIpc) is 2.47. The van der Waals surface area contributed by atoms with Crippen molar-refractivity contribution in [3.05, 3.63) is 53.6 Å². The van der Waals surface area contributed by atoms with Gasteiger partial charge in [-0.05, 0) is 24.3 Å². The van der Waals surface area contributed by atoms with Gasteiger partial charge in [-0.2, -0.15) is 4.39 Å². The van der Waals surface area contributed by atoms with Crippen LogP contribution in [-0.2, 0) is 0 Å². The molecule has 2 N–H and O–H groups in total. The van der Waals surface area contributed by atoms with Crippen molar-refractivity contribution in [2.24, 2.45) is 0 Å². The first-order chi connectivity index (χ1) is 10.0. The molecule has 0 bridgehead atoms. The van der Waals surface area contributed by atoms with Crippen molar-refractivity contribution in [1.29, 1.82) is 0 Å². The van der Waals surface area contributed by atoms with Crippen LogP contribution in [-0.4, -0.2) is 29.1 Å². The number of carbonyl (C=O) groups is 2. The Balaban J connectivity index is 2.36. The molecule has 0 saturated heterocycles. The van der Waals surface area contributed by atoms with Gasteiger partial charge >= 0.3 is 5.97 Å². The second-order valence-electron chi connectivity index (χ2n) is 4.01.